The van der Waals surface area contributed by atoms with Gasteiger partial charge < -0.3 is 10.1 Å². The molecule has 5 nitrogen and oxygen atoms in total. The van der Waals surface area contributed by atoms with Crippen molar-refractivity contribution in [2.75, 3.05) is 18.4 Å². The predicted octanol–water partition coefficient (Wildman–Crippen LogP) is 4.21. The number of nitrogens with one attached hydrogen (secondary N) is 1. The van der Waals surface area contributed by atoms with Gasteiger partial charge in [0.25, 0.3) is 0 Å². The maximum absolute atomic E-state index is 12.5. The van der Waals surface area contributed by atoms with Crippen LogP contribution in [0, 0.1) is 6.92 Å². The van der Waals surface area contributed by atoms with Crippen LogP contribution in [-0.4, -0.2) is 41.9 Å². The summed E-state index contributed by atoms with van der Waals surface area (Å²) in [6.45, 7) is 8.66. The van der Waals surface area contributed by atoms with E-state index < -0.39 is 0 Å². The number of ketones is 1. The molecule has 1 aliphatic rings. The van der Waals surface area contributed by atoms with Gasteiger partial charge in [-0.1, -0.05) is 48.0 Å². The molecule has 5 heteroatoms. The number of benzene rings is 2. The van der Waals surface area contributed by atoms with E-state index >= 15 is 0 Å². The highest BCUT2D eigenvalue weighted by Crippen LogP contribution is 2.21. The summed E-state index contributed by atoms with van der Waals surface area (Å²) in [7, 11) is 0. The molecule has 0 bridgehead atoms. The second-order valence-corrected chi connectivity index (χ2v) is 7.95. The van der Waals surface area contributed by atoms with Crippen LogP contribution in [0.25, 0.3) is 0 Å². The monoisotopic (exact) mass is 394 g/mol. The first-order chi connectivity index (χ1) is 13.9. The molecule has 0 aromatic heterocycles. The van der Waals surface area contributed by atoms with Crippen LogP contribution < -0.4 is 5.32 Å². The lowest BCUT2D eigenvalue weighted by molar-refractivity contribution is -0.116. The molecule has 2 aromatic carbocycles. The first kappa shape index (κ1) is 21.2. The number of hydrogen-bond acceptors (Lipinski definition) is 4. The summed E-state index contributed by atoms with van der Waals surface area (Å²) in [5.41, 5.74) is 3.65. The Morgan fingerprint density at radius 1 is 1.00 bits per heavy atom. The fourth-order valence-electron chi connectivity index (χ4n) is 3.76. The fourth-order valence-corrected chi connectivity index (χ4v) is 3.76. The molecule has 29 heavy (non-hydrogen) atoms. The standard InChI is InChI=1S/C24H30N2O3/c1-17-8-10-20(11-9-17)23(27)12-13-24(28)25-22-7-5-4-6-21(22)16-26-14-18(2)29-19(3)15-26/h4-11,18-19H,12-16H2,1-3H3,(H,25,28). The number of carbonyl (C=O) groups excluding carboxylic acids is 2. The van der Waals surface area contributed by atoms with Crippen molar-refractivity contribution in [1.29, 1.82) is 0 Å². The maximum atomic E-state index is 12.5. The minimum atomic E-state index is -0.137. The van der Waals surface area contributed by atoms with Crippen molar-refractivity contribution in [3.8, 4) is 0 Å². The molecule has 1 fully saturated rings. The SMILES string of the molecule is Cc1ccc(C(=O)CCC(=O)Nc2ccccc2CN2CC(C)OC(C)C2)cc1. The van der Waals surface area contributed by atoms with Gasteiger partial charge in [0.05, 0.1) is 12.2 Å². The first-order valence-corrected chi connectivity index (χ1v) is 10.3. The van der Waals surface area contributed by atoms with Crippen LogP contribution in [0.2, 0.25) is 0 Å². The summed E-state index contributed by atoms with van der Waals surface area (Å²) in [5.74, 6) is -0.147. The predicted molar refractivity (Wildman–Crippen MR) is 115 cm³/mol. The van der Waals surface area contributed by atoms with Crippen LogP contribution in [-0.2, 0) is 16.1 Å². The molecule has 0 aliphatic carbocycles. The van der Waals surface area contributed by atoms with Gasteiger partial charge in [0.2, 0.25) is 5.91 Å². The summed E-state index contributed by atoms with van der Waals surface area (Å²) >= 11 is 0. The van der Waals surface area contributed by atoms with E-state index in [1.807, 2.05) is 55.5 Å². The minimum Gasteiger partial charge on any atom is -0.373 e. The summed E-state index contributed by atoms with van der Waals surface area (Å²) in [5, 5.41) is 2.99. The van der Waals surface area contributed by atoms with Crippen molar-refractivity contribution < 1.29 is 14.3 Å². The van der Waals surface area contributed by atoms with Gasteiger partial charge in [0.15, 0.2) is 5.78 Å². The van der Waals surface area contributed by atoms with Crippen LogP contribution in [0.4, 0.5) is 5.69 Å². The molecule has 2 atom stereocenters. The number of hydrogen-bond donors (Lipinski definition) is 1. The molecule has 0 saturated carbocycles. The number of carbonyl (C=O) groups is 2. The molecule has 1 N–H and O–H groups in total. The van der Waals surface area contributed by atoms with Gasteiger partial charge in [-0.2, -0.15) is 0 Å². The van der Waals surface area contributed by atoms with Gasteiger partial charge >= 0.3 is 0 Å². The van der Waals surface area contributed by atoms with E-state index in [4.69, 9.17) is 4.74 Å². The number of aryl methyl sites for hydroxylation is 1. The van der Waals surface area contributed by atoms with E-state index in [1.54, 1.807) is 0 Å². The Labute approximate surface area is 173 Å². The number of Topliss-reactive ketones (excluding diaryl/α,β-unsaturated/α-hetero) is 1. The molecular weight excluding hydrogens is 364 g/mol. The van der Waals surface area contributed by atoms with Crippen molar-refractivity contribution in [3.63, 3.8) is 0 Å². The molecule has 3 rings (SSSR count). The molecule has 2 unspecified atom stereocenters. The third kappa shape index (κ3) is 6.24. The molecule has 0 radical (unpaired) electrons. The largest absolute Gasteiger partial charge is 0.373 e. The average molecular weight is 395 g/mol. The topological polar surface area (TPSA) is 58.6 Å². The number of nitrogens with zero attached hydrogens (tertiary/aromatic N) is 1. The lowest BCUT2D eigenvalue weighted by Crippen LogP contribution is -2.44. The van der Waals surface area contributed by atoms with Crippen molar-refractivity contribution in [2.24, 2.45) is 0 Å². The Hall–Kier alpha value is -2.50. The van der Waals surface area contributed by atoms with Crippen molar-refractivity contribution in [2.45, 2.75) is 52.4 Å². The van der Waals surface area contributed by atoms with E-state index in [0.29, 0.717) is 5.56 Å². The fraction of sp³-hybridized carbons (Fsp3) is 0.417. The summed E-state index contributed by atoms with van der Waals surface area (Å²) < 4.78 is 5.80. The number of amides is 1. The van der Waals surface area contributed by atoms with E-state index in [-0.39, 0.29) is 36.7 Å². The Morgan fingerprint density at radius 3 is 2.34 bits per heavy atom. The van der Waals surface area contributed by atoms with Crippen molar-refractivity contribution in [3.05, 3.63) is 65.2 Å². The molecule has 154 valence electrons. The Kier molecular flexibility index (Phi) is 7.18. The van der Waals surface area contributed by atoms with Crippen molar-refractivity contribution >= 4 is 17.4 Å². The van der Waals surface area contributed by atoms with Gasteiger partial charge in [0.1, 0.15) is 0 Å². The average Bonchev–Trinajstić information content (AvgIpc) is 2.67. The zero-order valence-corrected chi connectivity index (χ0v) is 17.5. The van der Waals surface area contributed by atoms with Crippen LogP contribution in [0.3, 0.4) is 0 Å². The van der Waals surface area contributed by atoms with Gasteiger partial charge in [-0.3, -0.25) is 14.5 Å². The molecular formula is C24H30N2O3. The number of rotatable bonds is 7. The van der Waals surface area contributed by atoms with Gasteiger partial charge in [-0.25, -0.2) is 0 Å². The highest BCUT2D eigenvalue weighted by Gasteiger charge is 2.23. The van der Waals surface area contributed by atoms with Crippen LogP contribution in [0.15, 0.2) is 48.5 Å². The number of ether oxygens (including phenoxy) is 1. The second kappa shape index (κ2) is 9.81. The summed E-state index contributed by atoms with van der Waals surface area (Å²) in [6.07, 6.45) is 0.781. The zero-order valence-electron chi connectivity index (χ0n) is 17.5. The molecule has 1 amide bonds. The normalized spacial score (nSPS) is 19.7. The Morgan fingerprint density at radius 2 is 1.66 bits per heavy atom. The van der Waals surface area contributed by atoms with Gasteiger partial charge in [-0.05, 0) is 32.4 Å². The number of para-hydroxylation sites is 1. The molecule has 2 aromatic rings. The lowest BCUT2D eigenvalue weighted by Gasteiger charge is -2.35. The van der Waals surface area contributed by atoms with Gasteiger partial charge in [0, 0.05) is 43.7 Å². The third-order valence-electron chi connectivity index (χ3n) is 5.13. The molecule has 1 aliphatic heterocycles. The van der Waals surface area contributed by atoms with Crippen molar-refractivity contribution in [1.82, 2.24) is 4.90 Å². The minimum absolute atomic E-state index is 0.00951. The maximum Gasteiger partial charge on any atom is 0.224 e. The van der Waals surface area contributed by atoms with Crippen LogP contribution >= 0.6 is 0 Å². The molecule has 1 heterocycles. The van der Waals surface area contributed by atoms with Crippen LogP contribution in [0.5, 0.6) is 0 Å². The van der Waals surface area contributed by atoms with E-state index in [0.717, 1.165) is 36.4 Å². The lowest BCUT2D eigenvalue weighted by atomic mass is 10.0. The smallest absolute Gasteiger partial charge is 0.224 e. The second-order valence-electron chi connectivity index (χ2n) is 7.95. The highest BCUT2D eigenvalue weighted by molar-refractivity contribution is 6.00. The van der Waals surface area contributed by atoms with E-state index in [2.05, 4.69) is 24.1 Å². The van der Waals surface area contributed by atoms with E-state index in [9.17, 15) is 9.59 Å². The van der Waals surface area contributed by atoms with E-state index in [1.165, 1.54) is 0 Å². The van der Waals surface area contributed by atoms with Gasteiger partial charge in [-0.15, -0.1) is 0 Å². The summed E-state index contributed by atoms with van der Waals surface area (Å²) in [6, 6.07) is 15.3. The third-order valence-corrected chi connectivity index (χ3v) is 5.13. The Bertz CT molecular complexity index is 837. The summed E-state index contributed by atoms with van der Waals surface area (Å²) in [4.78, 5) is 27.1. The molecule has 1 saturated heterocycles. The quantitative estimate of drug-likeness (QED) is 0.715. The number of morpholine rings is 1. The first-order valence-electron chi connectivity index (χ1n) is 10.3. The number of anilines is 1. The Balaban J connectivity index is 1.56. The zero-order chi connectivity index (χ0) is 20.8. The highest BCUT2D eigenvalue weighted by atomic mass is 16.5. The van der Waals surface area contributed by atoms with Crippen LogP contribution in [0.1, 0.15) is 48.2 Å². The molecule has 0 spiro atoms.